The number of esters is 2. The highest BCUT2D eigenvalue weighted by molar-refractivity contribution is 6.03. The maximum Gasteiger partial charge on any atom is 0.329 e. The van der Waals surface area contributed by atoms with Crippen LogP contribution in [0.3, 0.4) is 0 Å². The number of hydrogen-bond acceptors (Lipinski definition) is 18. The number of fused-ring (bicyclic) bond motifs is 4. The molecule has 0 aliphatic carbocycles. The molecule has 0 spiro atoms. The number of piperidine rings is 2. The number of likely N-dealkylation sites (N-methyl/N-ethyl adjacent to an activating group) is 4. The zero-order valence-electron chi connectivity index (χ0n) is 50.5. The molecule has 2 aromatic heterocycles. The summed E-state index contributed by atoms with van der Waals surface area (Å²) in [6.07, 6.45) is 1.92. The fourth-order valence-electron chi connectivity index (χ4n) is 10.9. The van der Waals surface area contributed by atoms with E-state index >= 15 is 0 Å². The second-order valence-electron chi connectivity index (χ2n) is 22.8. The lowest BCUT2D eigenvalue weighted by Gasteiger charge is -2.37. The molecule has 4 aromatic rings. The maximum absolute atomic E-state index is 14.8. The van der Waals surface area contributed by atoms with Crippen LogP contribution in [0.2, 0.25) is 0 Å². The highest BCUT2D eigenvalue weighted by Crippen LogP contribution is 2.26. The van der Waals surface area contributed by atoms with Gasteiger partial charge in [-0.2, -0.15) is 0 Å². The Hall–Kier alpha value is -9.50. The first-order valence-corrected chi connectivity index (χ1v) is 29.1. The predicted molar refractivity (Wildman–Crippen MR) is 314 cm³/mol. The Kier molecular flexibility index (Phi) is 22.0. The van der Waals surface area contributed by atoms with Crippen molar-refractivity contribution in [2.75, 3.05) is 80.7 Å². The molecule has 3 saturated heterocycles. The van der Waals surface area contributed by atoms with E-state index in [9.17, 15) is 67.7 Å². The zero-order chi connectivity index (χ0) is 64.3. The summed E-state index contributed by atoms with van der Waals surface area (Å²) in [6, 6.07) is 7.26. The van der Waals surface area contributed by atoms with Crippen LogP contribution in [0.25, 0.3) is 21.8 Å². The van der Waals surface area contributed by atoms with Crippen LogP contribution in [-0.2, 0) is 57.4 Å². The number of amides is 10. The summed E-state index contributed by atoms with van der Waals surface area (Å²) in [5.74, 6) is -12.8. The number of carbonyl (C=O) groups excluding carboxylic acids is 12. The molecule has 3 aliphatic rings. The van der Waals surface area contributed by atoms with E-state index in [1.165, 1.54) is 50.1 Å². The normalized spacial score (nSPS) is 23.0. The Bertz CT molecular complexity index is 3140. The molecule has 7 rings (SSSR count). The van der Waals surface area contributed by atoms with Crippen molar-refractivity contribution in [3.8, 4) is 11.5 Å². The first-order chi connectivity index (χ1) is 41.8. The summed E-state index contributed by atoms with van der Waals surface area (Å²) >= 11 is 0. The molecule has 5 heterocycles. The number of rotatable bonds is 6. The third-order valence-electron chi connectivity index (χ3n) is 15.8. The minimum atomic E-state index is -1.72. The molecule has 3 fully saturated rings. The summed E-state index contributed by atoms with van der Waals surface area (Å²) < 4.78 is 11.5. The number of aromatic hydroxyl groups is 2. The molecule has 10 amide bonds. The van der Waals surface area contributed by atoms with Crippen LogP contribution < -0.4 is 21.3 Å². The predicted octanol–water partition coefficient (Wildman–Crippen LogP) is 0.0686. The molecule has 6 atom stereocenters. The number of ether oxygens (including phenoxy) is 2. The Labute approximate surface area is 507 Å². The number of hydrogen-bond donors (Lipinski definition) is 6. The van der Waals surface area contributed by atoms with E-state index in [0.29, 0.717) is 47.5 Å². The van der Waals surface area contributed by atoms with Gasteiger partial charge in [0.15, 0.2) is 11.4 Å². The molecule has 6 N–H and O–H groups in total. The Morgan fingerprint density at radius 1 is 0.545 bits per heavy atom. The Balaban J connectivity index is 1.17. The second kappa shape index (κ2) is 29.3. The molecular formula is C60H76N12O16. The number of carbonyl (C=O) groups is 12. The standard InChI is InChI=1S/C60H76N12O16/c1-33(2)51-59(85)87-31-39(65-55(81)49-43(73)25-35-17-9-11-19-37(35)63-49)57(83)71-23-15-13-21-41(71)53(79)62-28-46(76)68(6)30-48(78)70(8)52(34(3)4)60(86)88-32-40(66-56(82)50-44(74)26-36-18-10-12-20-38(36)64-50)58(84)72-24-16-14-22-42(72)54(80)61-27-45(75)67(5)29-47(77)69(51)7/h9-12,17-20,25-26,33-34,39-42,51-52,73-74H,13-16,21-24,27-32H2,1-8H3,(H,61,80)(H,62,79)(H,65,81)(H,66,82)/t39-,40-,41+,42?,51+,52+/m1/s1. The third-order valence-corrected chi connectivity index (χ3v) is 15.8. The monoisotopic (exact) mass is 1220 g/mol. The molecule has 28 heteroatoms. The van der Waals surface area contributed by atoms with Crippen molar-refractivity contribution in [3.05, 3.63) is 72.1 Å². The zero-order valence-corrected chi connectivity index (χ0v) is 50.5. The first-order valence-electron chi connectivity index (χ1n) is 29.1. The quantitative estimate of drug-likeness (QED) is 0.139. The van der Waals surface area contributed by atoms with Crippen LogP contribution in [0.4, 0.5) is 0 Å². The molecule has 1 unspecified atom stereocenters. The third kappa shape index (κ3) is 15.7. The van der Waals surface area contributed by atoms with E-state index in [2.05, 4.69) is 31.2 Å². The van der Waals surface area contributed by atoms with Crippen molar-refractivity contribution >= 4 is 92.8 Å². The molecule has 88 heavy (non-hydrogen) atoms. The summed E-state index contributed by atoms with van der Waals surface area (Å²) in [5, 5.41) is 33.0. The number of pyridine rings is 2. The van der Waals surface area contributed by atoms with Gasteiger partial charge < -0.3 is 70.4 Å². The molecule has 472 valence electrons. The molecule has 0 bridgehead atoms. The molecule has 0 saturated carbocycles. The average Bonchev–Trinajstić information content (AvgIpc) is 2.06. The van der Waals surface area contributed by atoms with Crippen LogP contribution in [0.1, 0.15) is 87.2 Å². The fourth-order valence-corrected chi connectivity index (χ4v) is 10.9. The molecule has 2 aromatic carbocycles. The van der Waals surface area contributed by atoms with Gasteiger partial charge in [-0.05, 0) is 74.6 Å². The minimum absolute atomic E-state index is 0.0232. The maximum atomic E-state index is 14.8. The number of benzene rings is 2. The van der Waals surface area contributed by atoms with Crippen molar-refractivity contribution in [1.82, 2.24) is 60.6 Å². The second-order valence-corrected chi connectivity index (χ2v) is 22.8. The lowest BCUT2D eigenvalue weighted by atomic mass is 10.00. The summed E-state index contributed by atoms with van der Waals surface area (Å²) in [5.41, 5.74) is -0.282. The highest BCUT2D eigenvalue weighted by Gasteiger charge is 2.42. The largest absolute Gasteiger partial charge is 0.505 e. The van der Waals surface area contributed by atoms with Gasteiger partial charge in [0, 0.05) is 52.1 Å². The van der Waals surface area contributed by atoms with Gasteiger partial charge in [0.1, 0.15) is 61.0 Å². The summed E-state index contributed by atoms with van der Waals surface area (Å²) in [7, 11) is 5.16. The molecule has 3 aliphatic heterocycles. The Morgan fingerprint density at radius 3 is 1.27 bits per heavy atom. The molecular weight excluding hydrogens is 1140 g/mol. The highest BCUT2D eigenvalue weighted by atomic mass is 16.5. The lowest BCUT2D eigenvalue weighted by Crippen LogP contribution is -2.59. The molecule has 28 nitrogen and oxygen atoms in total. The van der Waals surface area contributed by atoms with E-state index in [4.69, 9.17) is 9.47 Å². The van der Waals surface area contributed by atoms with E-state index in [1.807, 2.05) is 0 Å². The van der Waals surface area contributed by atoms with Crippen LogP contribution in [0, 0.1) is 11.8 Å². The van der Waals surface area contributed by atoms with E-state index in [1.54, 1.807) is 76.2 Å². The average molecular weight is 1220 g/mol. The number of para-hydroxylation sites is 2. The van der Waals surface area contributed by atoms with Crippen molar-refractivity contribution in [3.63, 3.8) is 0 Å². The minimum Gasteiger partial charge on any atom is -0.505 e. The number of aromatic nitrogens is 2. The van der Waals surface area contributed by atoms with E-state index < -0.39 is 181 Å². The van der Waals surface area contributed by atoms with Gasteiger partial charge in [-0.1, -0.05) is 64.1 Å². The lowest BCUT2D eigenvalue weighted by molar-refractivity contribution is -0.159. The van der Waals surface area contributed by atoms with Gasteiger partial charge in [-0.25, -0.2) is 19.6 Å². The topological polar surface area (TPSA) is 357 Å². The summed E-state index contributed by atoms with van der Waals surface area (Å²) in [4.78, 5) is 184. The van der Waals surface area contributed by atoms with Gasteiger partial charge in [0.2, 0.25) is 47.3 Å². The first kappa shape index (κ1) is 66.0. The smallest absolute Gasteiger partial charge is 0.329 e. The van der Waals surface area contributed by atoms with Crippen molar-refractivity contribution in [1.29, 1.82) is 0 Å². The van der Waals surface area contributed by atoms with Crippen LogP contribution in [0.5, 0.6) is 11.5 Å². The van der Waals surface area contributed by atoms with Crippen LogP contribution >= 0.6 is 0 Å². The van der Waals surface area contributed by atoms with Crippen LogP contribution in [-0.4, -0.2) is 238 Å². The van der Waals surface area contributed by atoms with Gasteiger partial charge in [-0.15, -0.1) is 0 Å². The number of nitrogens with one attached hydrogen (secondary N) is 4. The van der Waals surface area contributed by atoms with Crippen molar-refractivity contribution in [2.45, 2.75) is 102 Å². The van der Waals surface area contributed by atoms with Gasteiger partial charge in [-0.3, -0.25) is 47.9 Å². The van der Waals surface area contributed by atoms with E-state index in [0.717, 1.165) is 19.6 Å². The van der Waals surface area contributed by atoms with Gasteiger partial charge in [0.25, 0.3) is 11.8 Å². The van der Waals surface area contributed by atoms with E-state index in [-0.39, 0.29) is 25.9 Å². The van der Waals surface area contributed by atoms with Crippen molar-refractivity contribution in [2.24, 2.45) is 11.8 Å². The molecule has 0 radical (unpaired) electrons. The van der Waals surface area contributed by atoms with Crippen molar-refractivity contribution < 1.29 is 77.2 Å². The van der Waals surface area contributed by atoms with Gasteiger partial charge >= 0.3 is 11.9 Å². The number of cyclic esters (lactones) is 2. The van der Waals surface area contributed by atoms with Gasteiger partial charge in [0.05, 0.1) is 37.2 Å². The summed E-state index contributed by atoms with van der Waals surface area (Å²) in [6.45, 7) is 2.16. The number of nitrogens with zero attached hydrogens (tertiary/aromatic N) is 8. The van der Waals surface area contributed by atoms with Crippen LogP contribution in [0.15, 0.2) is 60.7 Å². The fraction of sp³-hybridized carbons (Fsp3) is 0.500. The SMILES string of the molecule is CC(C)[C@H]1C(=O)OC[C@@H](NC(=O)c2nc3ccccc3cc2O)C(=O)N2CCCC[C@H]2C(=O)NCC(=O)N(C)CC(=O)N(C)[C@@H](C(C)C)C(=O)OC[C@@H](NC(=O)c2nc3ccccc3cc2O)C(=O)N2CCCCC2C(=O)NCC(=O)N(C)CC(=O)N1C. The Morgan fingerprint density at radius 2 is 0.909 bits per heavy atom.